The van der Waals surface area contributed by atoms with Gasteiger partial charge in [-0.15, -0.1) is 0 Å². The Morgan fingerprint density at radius 1 is 1.26 bits per heavy atom. The van der Waals surface area contributed by atoms with Crippen LogP contribution in [0.3, 0.4) is 0 Å². The molecular weight excluding hydrogens is 342 g/mol. The van der Waals surface area contributed by atoms with Crippen LogP contribution in [-0.2, 0) is 6.54 Å². The van der Waals surface area contributed by atoms with Crippen LogP contribution in [0, 0.1) is 0 Å². The molecule has 1 saturated heterocycles. The second kappa shape index (κ2) is 7.67. The second-order valence-corrected chi connectivity index (χ2v) is 6.85. The Labute approximate surface area is 157 Å². The lowest BCUT2D eigenvalue weighted by Gasteiger charge is -2.32. The summed E-state index contributed by atoms with van der Waals surface area (Å²) in [7, 11) is 0. The third kappa shape index (κ3) is 4.03. The molecule has 0 radical (unpaired) electrons. The van der Waals surface area contributed by atoms with Crippen LogP contribution in [0.2, 0.25) is 0 Å². The molecule has 3 heterocycles. The fourth-order valence-corrected chi connectivity index (χ4v) is 3.59. The van der Waals surface area contributed by atoms with E-state index in [1.807, 2.05) is 23.0 Å². The van der Waals surface area contributed by atoms with E-state index in [1.165, 1.54) is 0 Å². The number of carboxylic acid groups (broad SMARTS) is 1. The second-order valence-electron chi connectivity index (χ2n) is 6.85. The van der Waals surface area contributed by atoms with Gasteiger partial charge >= 0.3 is 5.97 Å². The summed E-state index contributed by atoms with van der Waals surface area (Å²) < 4.78 is 1.86. The standard InChI is InChI=1S/C20H21N5O2/c26-20(27)16-4-1-3-15(9-16)12-24-7-2-5-17(13-24)18-10-22-11-19(23-18)25-8-6-21-14-25/h1,3-4,6,8-11,14,17H,2,5,7,12-13H2,(H,26,27). The van der Waals surface area contributed by atoms with Crippen molar-refractivity contribution in [2.45, 2.75) is 25.3 Å². The van der Waals surface area contributed by atoms with Gasteiger partial charge in [0.15, 0.2) is 5.82 Å². The molecule has 0 bridgehead atoms. The number of carbonyl (C=O) groups is 1. The van der Waals surface area contributed by atoms with E-state index in [9.17, 15) is 9.90 Å². The topological polar surface area (TPSA) is 84.1 Å². The van der Waals surface area contributed by atoms with E-state index < -0.39 is 5.97 Å². The first kappa shape index (κ1) is 17.4. The fourth-order valence-electron chi connectivity index (χ4n) is 3.59. The highest BCUT2D eigenvalue weighted by molar-refractivity contribution is 5.87. The van der Waals surface area contributed by atoms with Crippen LogP contribution in [0.1, 0.15) is 40.4 Å². The lowest BCUT2D eigenvalue weighted by atomic mass is 9.94. The fraction of sp³-hybridized carbons (Fsp3) is 0.300. The molecule has 7 nitrogen and oxygen atoms in total. The van der Waals surface area contributed by atoms with Gasteiger partial charge in [0.25, 0.3) is 0 Å². The minimum Gasteiger partial charge on any atom is -0.478 e. The van der Waals surface area contributed by atoms with Gasteiger partial charge in [-0.3, -0.25) is 14.5 Å². The molecule has 2 aromatic heterocycles. The minimum atomic E-state index is -0.889. The summed E-state index contributed by atoms with van der Waals surface area (Å²) in [5.74, 6) is 0.202. The van der Waals surface area contributed by atoms with Crippen LogP contribution in [0.5, 0.6) is 0 Å². The number of aromatic nitrogens is 4. The quantitative estimate of drug-likeness (QED) is 0.750. The lowest BCUT2D eigenvalue weighted by molar-refractivity contribution is 0.0696. The van der Waals surface area contributed by atoms with Gasteiger partial charge in [-0.05, 0) is 37.1 Å². The van der Waals surface area contributed by atoms with E-state index in [-0.39, 0.29) is 0 Å². The van der Waals surface area contributed by atoms with Crippen molar-refractivity contribution in [2.75, 3.05) is 13.1 Å². The van der Waals surface area contributed by atoms with Gasteiger partial charge < -0.3 is 5.11 Å². The molecule has 0 saturated carbocycles. The Morgan fingerprint density at radius 3 is 3.00 bits per heavy atom. The summed E-state index contributed by atoms with van der Waals surface area (Å²) in [4.78, 5) is 26.7. The maximum absolute atomic E-state index is 11.2. The summed E-state index contributed by atoms with van der Waals surface area (Å²) >= 11 is 0. The highest BCUT2D eigenvalue weighted by Gasteiger charge is 2.23. The van der Waals surface area contributed by atoms with Crippen LogP contribution in [-0.4, -0.2) is 48.6 Å². The maximum Gasteiger partial charge on any atom is 0.335 e. The molecule has 7 heteroatoms. The van der Waals surface area contributed by atoms with Crippen molar-refractivity contribution in [2.24, 2.45) is 0 Å². The van der Waals surface area contributed by atoms with Crippen LogP contribution in [0.25, 0.3) is 5.82 Å². The summed E-state index contributed by atoms with van der Waals surface area (Å²) in [6.07, 6.45) is 11.0. The number of nitrogens with zero attached hydrogens (tertiary/aromatic N) is 5. The van der Waals surface area contributed by atoms with Crippen molar-refractivity contribution in [3.05, 3.63) is 72.2 Å². The van der Waals surface area contributed by atoms with E-state index in [4.69, 9.17) is 4.98 Å². The molecule has 1 unspecified atom stereocenters. The SMILES string of the molecule is O=C(O)c1cccc(CN2CCCC(c3cncc(-n4ccnc4)n3)C2)c1. The summed E-state index contributed by atoms with van der Waals surface area (Å²) in [5.41, 5.74) is 2.35. The number of hydrogen-bond donors (Lipinski definition) is 1. The predicted octanol–water partition coefficient (Wildman–Crippen LogP) is 2.74. The van der Waals surface area contributed by atoms with Gasteiger partial charge in [0.1, 0.15) is 6.33 Å². The number of piperidine rings is 1. The molecule has 0 amide bonds. The van der Waals surface area contributed by atoms with Crippen molar-refractivity contribution in [3.8, 4) is 5.82 Å². The Morgan fingerprint density at radius 2 is 2.19 bits per heavy atom. The van der Waals surface area contributed by atoms with Crippen LogP contribution in [0.4, 0.5) is 0 Å². The summed E-state index contributed by atoms with van der Waals surface area (Å²) in [6.45, 7) is 2.63. The zero-order chi connectivity index (χ0) is 18.6. The molecule has 0 aliphatic carbocycles. The van der Waals surface area contributed by atoms with E-state index >= 15 is 0 Å². The van der Waals surface area contributed by atoms with E-state index in [1.54, 1.807) is 36.9 Å². The third-order valence-electron chi connectivity index (χ3n) is 4.91. The first-order chi connectivity index (χ1) is 13.2. The molecule has 1 aliphatic heterocycles. The molecule has 27 heavy (non-hydrogen) atoms. The molecule has 1 N–H and O–H groups in total. The van der Waals surface area contributed by atoms with Gasteiger partial charge in [-0.2, -0.15) is 0 Å². The Hall–Kier alpha value is -3.06. The van der Waals surface area contributed by atoms with Crippen molar-refractivity contribution in [3.63, 3.8) is 0 Å². The highest BCUT2D eigenvalue weighted by Crippen LogP contribution is 2.26. The van der Waals surface area contributed by atoms with Crippen molar-refractivity contribution in [1.29, 1.82) is 0 Å². The summed E-state index contributed by atoms with van der Waals surface area (Å²) in [5, 5.41) is 9.17. The normalized spacial score (nSPS) is 17.7. The Kier molecular flexibility index (Phi) is 4.93. The Balaban J connectivity index is 1.48. The molecule has 4 rings (SSSR count). The van der Waals surface area contributed by atoms with Crippen molar-refractivity contribution >= 4 is 5.97 Å². The van der Waals surface area contributed by atoms with Crippen LogP contribution >= 0.6 is 0 Å². The van der Waals surface area contributed by atoms with E-state index in [2.05, 4.69) is 14.9 Å². The monoisotopic (exact) mass is 363 g/mol. The average Bonchev–Trinajstić information content (AvgIpc) is 3.23. The molecule has 1 fully saturated rings. The van der Waals surface area contributed by atoms with Gasteiger partial charge in [0, 0.05) is 37.6 Å². The molecule has 3 aromatic rings. The Bertz CT molecular complexity index is 926. The van der Waals surface area contributed by atoms with Crippen molar-refractivity contribution < 1.29 is 9.90 Å². The van der Waals surface area contributed by atoms with Crippen molar-refractivity contribution in [1.82, 2.24) is 24.4 Å². The van der Waals surface area contributed by atoms with Gasteiger partial charge in [0.05, 0.1) is 17.5 Å². The average molecular weight is 363 g/mol. The molecule has 1 atom stereocenters. The number of hydrogen-bond acceptors (Lipinski definition) is 5. The lowest BCUT2D eigenvalue weighted by Crippen LogP contribution is -2.34. The van der Waals surface area contributed by atoms with Gasteiger partial charge in [-0.25, -0.2) is 14.8 Å². The molecule has 1 aromatic carbocycles. The zero-order valence-electron chi connectivity index (χ0n) is 14.9. The smallest absolute Gasteiger partial charge is 0.335 e. The third-order valence-corrected chi connectivity index (χ3v) is 4.91. The zero-order valence-corrected chi connectivity index (χ0v) is 14.9. The number of imidazole rings is 1. The summed E-state index contributed by atoms with van der Waals surface area (Å²) in [6, 6.07) is 7.17. The first-order valence-corrected chi connectivity index (χ1v) is 9.04. The number of benzene rings is 1. The molecular formula is C20H21N5O2. The number of carboxylic acids is 1. The molecule has 1 aliphatic rings. The largest absolute Gasteiger partial charge is 0.478 e. The molecule has 0 spiro atoms. The first-order valence-electron chi connectivity index (χ1n) is 9.04. The maximum atomic E-state index is 11.2. The number of aromatic carboxylic acids is 1. The minimum absolute atomic E-state index is 0.317. The predicted molar refractivity (Wildman–Crippen MR) is 99.8 cm³/mol. The highest BCUT2D eigenvalue weighted by atomic mass is 16.4. The van der Waals surface area contributed by atoms with E-state index in [0.29, 0.717) is 11.5 Å². The van der Waals surface area contributed by atoms with E-state index in [0.717, 1.165) is 49.6 Å². The molecule has 138 valence electrons. The number of likely N-dealkylation sites (tertiary alicyclic amines) is 1. The van der Waals surface area contributed by atoms with Crippen LogP contribution < -0.4 is 0 Å². The van der Waals surface area contributed by atoms with Gasteiger partial charge in [0.2, 0.25) is 0 Å². The number of rotatable bonds is 5. The van der Waals surface area contributed by atoms with Crippen LogP contribution in [0.15, 0.2) is 55.4 Å². The van der Waals surface area contributed by atoms with Gasteiger partial charge in [-0.1, -0.05) is 12.1 Å².